The number of fused-ring (bicyclic) bond motifs is 1. The van der Waals surface area contributed by atoms with E-state index in [0.717, 1.165) is 16.6 Å². The van der Waals surface area contributed by atoms with Gasteiger partial charge in [-0.3, -0.25) is 0 Å². The third kappa shape index (κ3) is 1.40. The van der Waals surface area contributed by atoms with Crippen molar-refractivity contribution in [3.8, 4) is 17.1 Å². The fourth-order valence-corrected chi connectivity index (χ4v) is 2.02. The van der Waals surface area contributed by atoms with Gasteiger partial charge in [-0.1, -0.05) is 0 Å². The number of hydrogen-bond acceptors (Lipinski definition) is 3. The van der Waals surface area contributed by atoms with E-state index in [9.17, 15) is 5.11 Å². The number of aromatic hydroxyl groups is 1. The molecule has 1 aromatic carbocycles. The maximum absolute atomic E-state index is 9.35. The average molecular weight is 279 g/mol. The van der Waals surface area contributed by atoms with E-state index in [1.807, 2.05) is 6.07 Å². The fourth-order valence-electron chi connectivity index (χ4n) is 1.59. The molecule has 3 aromatic rings. The Kier molecular flexibility index (Phi) is 2.00. The molecule has 2 heterocycles. The molecule has 2 aromatic heterocycles. The van der Waals surface area contributed by atoms with E-state index in [1.165, 1.54) is 0 Å². The van der Waals surface area contributed by atoms with Crippen LogP contribution in [0, 0.1) is 0 Å². The summed E-state index contributed by atoms with van der Waals surface area (Å²) >= 11 is 3.30. The van der Waals surface area contributed by atoms with E-state index in [-0.39, 0.29) is 5.75 Å². The molecule has 4 nitrogen and oxygen atoms in total. The molecule has 0 bridgehead atoms. The molecule has 5 heteroatoms. The van der Waals surface area contributed by atoms with Crippen LogP contribution in [0.15, 0.2) is 39.6 Å². The largest absolute Gasteiger partial charge is 0.508 e. The van der Waals surface area contributed by atoms with Crippen molar-refractivity contribution >= 4 is 27.0 Å². The topological polar surface area (TPSA) is 62.1 Å². The van der Waals surface area contributed by atoms with Gasteiger partial charge in [0.1, 0.15) is 11.6 Å². The summed E-state index contributed by atoms with van der Waals surface area (Å²) < 4.78 is 5.78. The van der Waals surface area contributed by atoms with Crippen molar-refractivity contribution in [2.75, 3.05) is 0 Å². The fraction of sp³-hybridized carbons (Fsp3) is 0. The van der Waals surface area contributed by atoms with E-state index >= 15 is 0 Å². The number of nitrogens with one attached hydrogen (secondary N) is 1. The van der Waals surface area contributed by atoms with E-state index in [1.54, 1.807) is 24.5 Å². The Labute approximate surface area is 99.1 Å². The Morgan fingerprint density at radius 2 is 2.19 bits per heavy atom. The number of benzene rings is 1. The van der Waals surface area contributed by atoms with E-state index in [4.69, 9.17) is 4.42 Å². The molecule has 0 aliphatic heterocycles. The first kappa shape index (κ1) is 9.47. The molecule has 0 spiro atoms. The molecule has 0 fully saturated rings. The number of phenolic OH excluding ortho intramolecular Hbond substituents is 1. The van der Waals surface area contributed by atoms with Gasteiger partial charge >= 0.3 is 0 Å². The van der Waals surface area contributed by atoms with Crippen LogP contribution in [0.1, 0.15) is 0 Å². The first-order chi connectivity index (χ1) is 7.74. The zero-order valence-electron chi connectivity index (χ0n) is 8.07. The van der Waals surface area contributed by atoms with Gasteiger partial charge < -0.3 is 14.5 Å². The van der Waals surface area contributed by atoms with Crippen LogP contribution < -0.4 is 0 Å². The summed E-state index contributed by atoms with van der Waals surface area (Å²) in [5.41, 5.74) is 2.46. The van der Waals surface area contributed by atoms with Crippen molar-refractivity contribution in [2.45, 2.75) is 0 Å². The van der Waals surface area contributed by atoms with Crippen LogP contribution in [0.3, 0.4) is 0 Å². The van der Waals surface area contributed by atoms with Gasteiger partial charge in [-0.05, 0) is 34.1 Å². The summed E-state index contributed by atoms with van der Waals surface area (Å²) in [6.45, 7) is 0. The number of aromatic nitrogens is 2. The summed E-state index contributed by atoms with van der Waals surface area (Å²) in [5.74, 6) is 0.926. The van der Waals surface area contributed by atoms with Crippen molar-refractivity contribution < 1.29 is 9.52 Å². The van der Waals surface area contributed by atoms with Gasteiger partial charge in [-0.25, -0.2) is 4.98 Å². The highest BCUT2D eigenvalue weighted by Gasteiger charge is 2.10. The monoisotopic (exact) mass is 278 g/mol. The smallest absolute Gasteiger partial charge is 0.179 e. The van der Waals surface area contributed by atoms with Crippen molar-refractivity contribution in [1.29, 1.82) is 0 Å². The van der Waals surface area contributed by atoms with Crippen molar-refractivity contribution in [3.63, 3.8) is 0 Å². The lowest BCUT2D eigenvalue weighted by atomic mass is 10.3. The summed E-state index contributed by atoms with van der Waals surface area (Å²) in [5, 5.41) is 9.35. The lowest BCUT2D eigenvalue weighted by molar-refractivity contribution is 0.476. The number of rotatable bonds is 1. The number of hydrogen-bond donors (Lipinski definition) is 2. The molecule has 0 amide bonds. The number of furan rings is 1. The Morgan fingerprint density at radius 3 is 2.94 bits per heavy atom. The number of nitrogens with zero attached hydrogens (tertiary/aromatic N) is 1. The van der Waals surface area contributed by atoms with Gasteiger partial charge in [0.05, 0.1) is 22.9 Å². The third-order valence-electron chi connectivity index (χ3n) is 2.34. The maximum atomic E-state index is 9.35. The summed E-state index contributed by atoms with van der Waals surface area (Å²) in [4.78, 5) is 7.52. The van der Waals surface area contributed by atoms with Gasteiger partial charge in [-0.2, -0.15) is 0 Å². The van der Waals surface area contributed by atoms with Crippen LogP contribution in [-0.4, -0.2) is 15.1 Å². The summed E-state index contributed by atoms with van der Waals surface area (Å²) in [6, 6.07) is 6.83. The first-order valence-corrected chi connectivity index (χ1v) is 5.45. The molecule has 0 aliphatic carbocycles. The van der Waals surface area contributed by atoms with Crippen LogP contribution in [0.5, 0.6) is 5.75 Å². The predicted molar refractivity (Wildman–Crippen MR) is 63.2 cm³/mol. The van der Waals surface area contributed by atoms with Crippen LogP contribution >= 0.6 is 15.9 Å². The number of H-pyrrole nitrogens is 1. The van der Waals surface area contributed by atoms with Gasteiger partial charge in [0.2, 0.25) is 0 Å². The number of imidazole rings is 1. The van der Waals surface area contributed by atoms with Crippen LogP contribution in [0.25, 0.3) is 22.4 Å². The lowest BCUT2D eigenvalue weighted by Crippen LogP contribution is -1.76. The van der Waals surface area contributed by atoms with E-state index < -0.39 is 0 Å². The van der Waals surface area contributed by atoms with Crippen molar-refractivity contribution in [3.05, 3.63) is 35.2 Å². The van der Waals surface area contributed by atoms with E-state index in [0.29, 0.717) is 10.5 Å². The van der Waals surface area contributed by atoms with Gasteiger partial charge in [0.15, 0.2) is 4.67 Å². The molecular weight excluding hydrogens is 272 g/mol. The normalized spacial score (nSPS) is 11.1. The van der Waals surface area contributed by atoms with Crippen LogP contribution in [0.4, 0.5) is 0 Å². The van der Waals surface area contributed by atoms with Gasteiger partial charge in [-0.15, -0.1) is 0 Å². The summed E-state index contributed by atoms with van der Waals surface area (Å²) in [6.07, 6.45) is 1.59. The Morgan fingerprint density at radius 1 is 1.31 bits per heavy atom. The molecule has 0 aliphatic rings. The second-order valence-corrected chi connectivity index (χ2v) is 4.12. The molecule has 0 unspecified atom stereocenters. The molecule has 0 atom stereocenters. The minimum Gasteiger partial charge on any atom is -0.508 e. The zero-order chi connectivity index (χ0) is 11.1. The van der Waals surface area contributed by atoms with Crippen molar-refractivity contribution in [1.82, 2.24) is 9.97 Å². The van der Waals surface area contributed by atoms with Gasteiger partial charge in [0, 0.05) is 6.07 Å². The highest BCUT2D eigenvalue weighted by Crippen LogP contribution is 2.29. The molecular formula is C11H7BrN2O2. The molecule has 0 saturated carbocycles. The van der Waals surface area contributed by atoms with E-state index in [2.05, 4.69) is 25.9 Å². The molecule has 0 saturated heterocycles. The minimum atomic E-state index is 0.217. The molecule has 80 valence electrons. The first-order valence-electron chi connectivity index (χ1n) is 4.66. The molecule has 3 rings (SSSR count). The molecule has 2 N–H and O–H groups in total. The second kappa shape index (κ2) is 3.38. The maximum Gasteiger partial charge on any atom is 0.179 e. The Hall–Kier alpha value is -1.75. The quantitative estimate of drug-likeness (QED) is 0.718. The third-order valence-corrected chi connectivity index (χ3v) is 2.95. The lowest BCUT2D eigenvalue weighted by Gasteiger charge is -1.89. The minimum absolute atomic E-state index is 0.217. The average Bonchev–Trinajstić information content (AvgIpc) is 2.82. The SMILES string of the molecule is Oc1ccc2nc(-c3ccoc3Br)[nH]c2c1. The Balaban J connectivity index is 2.23. The standard InChI is InChI=1S/C11H7BrN2O2/c12-10-7(3-4-16-10)11-13-8-2-1-6(15)5-9(8)14-11/h1-5,15H,(H,13,14). The highest BCUT2D eigenvalue weighted by molar-refractivity contribution is 9.10. The van der Waals surface area contributed by atoms with Crippen LogP contribution in [-0.2, 0) is 0 Å². The van der Waals surface area contributed by atoms with Crippen molar-refractivity contribution in [2.24, 2.45) is 0 Å². The summed E-state index contributed by atoms with van der Waals surface area (Å²) in [7, 11) is 0. The highest BCUT2D eigenvalue weighted by atomic mass is 79.9. The zero-order valence-corrected chi connectivity index (χ0v) is 9.65. The van der Waals surface area contributed by atoms with Crippen LogP contribution in [0.2, 0.25) is 0 Å². The van der Waals surface area contributed by atoms with Gasteiger partial charge in [0.25, 0.3) is 0 Å². The second-order valence-electron chi connectivity index (χ2n) is 3.39. The number of phenols is 1. The molecule has 0 radical (unpaired) electrons. The molecule has 16 heavy (non-hydrogen) atoms. The number of aromatic amines is 1. The predicted octanol–water partition coefficient (Wildman–Crippen LogP) is 3.29. The Bertz CT molecular complexity index is 657. The number of halogens is 1.